The van der Waals surface area contributed by atoms with Gasteiger partial charge in [0, 0.05) is 28.9 Å². The van der Waals surface area contributed by atoms with Crippen LogP contribution in [0.15, 0.2) is 29.2 Å². The van der Waals surface area contributed by atoms with Crippen molar-refractivity contribution >= 4 is 23.4 Å². The topological polar surface area (TPSA) is 50.4 Å². The molecular formula is C17H24N2O2S. The second-order valence-electron chi connectivity index (χ2n) is 6.00. The van der Waals surface area contributed by atoms with Crippen molar-refractivity contribution in [3.63, 3.8) is 0 Å². The Bertz CT molecular complexity index is 480. The molecule has 1 saturated carbocycles. The summed E-state index contributed by atoms with van der Waals surface area (Å²) < 4.78 is 5.55. The van der Waals surface area contributed by atoms with Crippen molar-refractivity contribution < 1.29 is 9.53 Å². The van der Waals surface area contributed by atoms with Crippen LogP contribution in [-0.2, 0) is 9.53 Å². The Morgan fingerprint density at radius 3 is 2.73 bits per heavy atom. The largest absolute Gasteiger partial charge is 0.375 e. The van der Waals surface area contributed by atoms with Gasteiger partial charge in [0.25, 0.3) is 0 Å². The normalized spacial score (nSPS) is 22.6. The molecule has 0 spiro atoms. The van der Waals surface area contributed by atoms with E-state index < -0.39 is 0 Å². The molecule has 5 heteroatoms. The highest BCUT2D eigenvalue weighted by atomic mass is 32.2. The molecule has 1 aromatic carbocycles. The number of rotatable bonds is 5. The van der Waals surface area contributed by atoms with Crippen molar-refractivity contribution in [2.75, 3.05) is 25.0 Å². The number of carbonyl (C=O) groups excluding carboxylic acids is 1. The van der Waals surface area contributed by atoms with Gasteiger partial charge in [-0.1, -0.05) is 12.8 Å². The summed E-state index contributed by atoms with van der Waals surface area (Å²) in [4.78, 5) is 13.3. The molecule has 0 unspecified atom stereocenters. The predicted octanol–water partition coefficient (Wildman–Crippen LogP) is 3.04. The quantitative estimate of drug-likeness (QED) is 0.875. The summed E-state index contributed by atoms with van der Waals surface area (Å²) in [7, 11) is 0. The van der Waals surface area contributed by atoms with Gasteiger partial charge in [0.05, 0.1) is 19.1 Å². The number of benzene rings is 1. The van der Waals surface area contributed by atoms with E-state index in [1.165, 1.54) is 30.6 Å². The van der Waals surface area contributed by atoms with Gasteiger partial charge in [-0.2, -0.15) is 0 Å². The fourth-order valence-corrected chi connectivity index (χ4v) is 4.23. The molecule has 1 saturated heterocycles. The molecule has 4 nitrogen and oxygen atoms in total. The van der Waals surface area contributed by atoms with E-state index in [0.717, 1.165) is 24.0 Å². The Balaban J connectivity index is 1.46. The number of hydrogen-bond donors (Lipinski definition) is 2. The zero-order valence-corrected chi connectivity index (χ0v) is 13.7. The van der Waals surface area contributed by atoms with Gasteiger partial charge in [0.2, 0.25) is 5.91 Å². The molecule has 1 aromatic rings. The van der Waals surface area contributed by atoms with Crippen molar-refractivity contribution in [2.45, 2.75) is 48.4 Å². The lowest BCUT2D eigenvalue weighted by Crippen LogP contribution is -2.40. The van der Waals surface area contributed by atoms with E-state index in [1.807, 2.05) is 23.9 Å². The molecule has 0 radical (unpaired) electrons. The Labute approximate surface area is 136 Å². The number of nitrogens with one attached hydrogen (secondary N) is 2. The molecule has 2 N–H and O–H groups in total. The summed E-state index contributed by atoms with van der Waals surface area (Å²) in [5.41, 5.74) is 0.865. The zero-order chi connectivity index (χ0) is 15.2. The van der Waals surface area contributed by atoms with Crippen LogP contribution in [0.5, 0.6) is 0 Å². The first-order chi connectivity index (χ1) is 10.8. The van der Waals surface area contributed by atoms with Gasteiger partial charge in [-0.25, -0.2) is 0 Å². The summed E-state index contributed by atoms with van der Waals surface area (Å²) in [6.07, 6.45) is 5.79. The van der Waals surface area contributed by atoms with E-state index in [0.29, 0.717) is 13.0 Å². The first-order valence-electron chi connectivity index (χ1n) is 8.18. The van der Waals surface area contributed by atoms with Crippen LogP contribution in [0.4, 0.5) is 5.69 Å². The summed E-state index contributed by atoms with van der Waals surface area (Å²) in [5, 5.41) is 6.97. The van der Waals surface area contributed by atoms with E-state index in [1.54, 1.807) is 0 Å². The highest BCUT2D eigenvalue weighted by Gasteiger charge is 2.18. The van der Waals surface area contributed by atoms with Crippen LogP contribution < -0.4 is 10.6 Å². The van der Waals surface area contributed by atoms with Crippen LogP contribution in [0.3, 0.4) is 0 Å². The predicted molar refractivity (Wildman–Crippen MR) is 90.4 cm³/mol. The van der Waals surface area contributed by atoms with E-state index in [-0.39, 0.29) is 12.0 Å². The fraction of sp³-hybridized carbons (Fsp3) is 0.588. The van der Waals surface area contributed by atoms with Crippen molar-refractivity contribution in [1.29, 1.82) is 0 Å². The number of amides is 1. The summed E-state index contributed by atoms with van der Waals surface area (Å²) >= 11 is 1.97. The maximum atomic E-state index is 12.0. The van der Waals surface area contributed by atoms with Crippen molar-refractivity contribution in [2.24, 2.45) is 0 Å². The van der Waals surface area contributed by atoms with E-state index >= 15 is 0 Å². The summed E-state index contributed by atoms with van der Waals surface area (Å²) in [6, 6.07) is 8.21. The van der Waals surface area contributed by atoms with Crippen LogP contribution in [0.2, 0.25) is 0 Å². The molecule has 1 atom stereocenters. The van der Waals surface area contributed by atoms with Crippen LogP contribution in [0.25, 0.3) is 0 Å². The molecule has 1 aliphatic carbocycles. The third-order valence-corrected chi connectivity index (χ3v) is 5.51. The lowest BCUT2D eigenvalue weighted by atomic mass is 10.2. The number of thioether (sulfide) groups is 1. The fourth-order valence-electron chi connectivity index (χ4n) is 2.99. The van der Waals surface area contributed by atoms with Gasteiger partial charge < -0.3 is 15.4 Å². The molecule has 3 rings (SSSR count). The highest BCUT2D eigenvalue weighted by Crippen LogP contribution is 2.34. The molecule has 0 aromatic heterocycles. The lowest BCUT2D eigenvalue weighted by molar-refractivity contribution is -0.119. The van der Waals surface area contributed by atoms with Crippen LogP contribution in [0, 0.1) is 0 Å². The Morgan fingerprint density at radius 2 is 2.05 bits per heavy atom. The lowest BCUT2D eigenvalue weighted by Gasteiger charge is -2.23. The first kappa shape index (κ1) is 15.8. The minimum atomic E-state index is -0.00838. The summed E-state index contributed by atoms with van der Waals surface area (Å²) in [6.45, 7) is 2.31. The van der Waals surface area contributed by atoms with Gasteiger partial charge in [0.15, 0.2) is 0 Å². The Hall–Kier alpha value is -1.04. The minimum absolute atomic E-state index is 0.00838. The number of morpholine rings is 1. The maximum Gasteiger partial charge on any atom is 0.227 e. The van der Waals surface area contributed by atoms with Crippen LogP contribution in [-0.4, -0.2) is 37.0 Å². The first-order valence-corrected chi connectivity index (χ1v) is 9.06. The van der Waals surface area contributed by atoms with Crippen LogP contribution in [0.1, 0.15) is 32.1 Å². The molecule has 120 valence electrons. The van der Waals surface area contributed by atoms with Crippen LogP contribution >= 0.6 is 11.8 Å². The van der Waals surface area contributed by atoms with Crippen molar-refractivity contribution in [1.82, 2.24) is 5.32 Å². The van der Waals surface area contributed by atoms with Gasteiger partial charge in [-0.05, 0) is 37.1 Å². The van der Waals surface area contributed by atoms with Gasteiger partial charge >= 0.3 is 0 Å². The minimum Gasteiger partial charge on any atom is -0.375 e. The number of anilines is 1. The molecule has 1 heterocycles. The molecule has 22 heavy (non-hydrogen) atoms. The molecule has 1 aliphatic heterocycles. The second-order valence-corrected chi connectivity index (χ2v) is 7.37. The molecule has 2 fully saturated rings. The molecule has 2 aliphatic rings. The highest BCUT2D eigenvalue weighted by molar-refractivity contribution is 8.00. The molecular weight excluding hydrogens is 296 g/mol. The van der Waals surface area contributed by atoms with E-state index in [9.17, 15) is 4.79 Å². The SMILES string of the molecule is O=C(C[C@@H]1CNCCO1)Nc1ccc(SC2CCCC2)cc1. The summed E-state index contributed by atoms with van der Waals surface area (Å²) in [5.74, 6) is 0.0184. The average Bonchev–Trinajstić information content (AvgIpc) is 3.03. The average molecular weight is 320 g/mol. The van der Waals surface area contributed by atoms with Crippen molar-refractivity contribution in [3.05, 3.63) is 24.3 Å². The Morgan fingerprint density at radius 1 is 1.27 bits per heavy atom. The van der Waals surface area contributed by atoms with E-state index in [4.69, 9.17) is 4.74 Å². The monoisotopic (exact) mass is 320 g/mol. The van der Waals surface area contributed by atoms with E-state index in [2.05, 4.69) is 22.8 Å². The maximum absolute atomic E-state index is 12.0. The Kier molecular flexibility index (Phi) is 5.76. The number of hydrogen-bond acceptors (Lipinski definition) is 4. The van der Waals surface area contributed by atoms with Crippen molar-refractivity contribution in [3.8, 4) is 0 Å². The third-order valence-electron chi connectivity index (χ3n) is 4.16. The molecule has 1 amide bonds. The molecule has 0 bridgehead atoms. The zero-order valence-electron chi connectivity index (χ0n) is 12.8. The van der Waals surface area contributed by atoms with Gasteiger partial charge in [0.1, 0.15) is 0 Å². The number of ether oxygens (including phenoxy) is 1. The van der Waals surface area contributed by atoms with Gasteiger partial charge in [-0.3, -0.25) is 4.79 Å². The third kappa shape index (κ3) is 4.73. The standard InChI is InChI=1S/C17H24N2O2S/c20-17(11-14-12-18-9-10-21-14)19-13-5-7-16(8-6-13)22-15-3-1-2-4-15/h5-8,14-15,18H,1-4,9-12H2,(H,19,20)/t14-/m1/s1. The second kappa shape index (κ2) is 7.99. The van der Waals surface area contributed by atoms with Gasteiger partial charge in [-0.15, -0.1) is 11.8 Å². The number of carbonyl (C=O) groups is 1. The smallest absolute Gasteiger partial charge is 0.227 e.